The predicted octanol–water partition coefficient (Wildman–Crippen LogP) is 3.36. The SMILES string of the molecule is CN(C)C1(CNC(=O)C(CCC(=O)O)NC(=O)OCC2c3ccccc3-c3ccccc32)CCC1. The van der Waals surface area contributed by atoms with Crippen molar-refractivity contribution < 1.29 is 24.2 Å². The van der Waals surface area contributed by atoms with E-state index >= 15 is 0 Å². The second-order valence-electron chi connectivity index (χ2n) is 9.65. The lowest BCUT2D eigenvalue weighted by Gasteiger charge is -2.47. The average molecular weight is 480 g/mol. The van der Waals surface area contributed by atoms with E-state index in [-0.39, 0.29) is 30.9 Å². The van der Waals surface area contributed by atoms with Gasteiger partial charge in [-0.1, -0.05) is 48.5 Å². The molecule has 8 nitrogen and oxygen atoms in total. The molecule has 0 radical (unpaired) electrons. The van der Waals surface area contributed by atoms with Gasteiger partial charge in [-0.2, -0.15) is 0 Å². The molecule has 186 valence electrons. The number of carbonyl (C=O) groups excluding carboxylic acids is 2. The number of aliphatic carboxylic acids is 1. The van der Waals surface area contributed by atoms with Gasteiger partial charge in [0.15, 0.2) is 0 Å². The molecule has 3 N–H and O–H groups in total. The van der Waals surface area contributed by atoms with Crippen LogP contribution in [0.1, 0.15) is 49.1 Å². The summed E-state index contributed by atoms with van der Waals surface area (Å²) in [6.07, 6.45) is 2.10. The molecule has 2 aromatic rings. The van der Waals surface area contributed by atoms with Gasteiger partial charge in [-0.3, -0.25) is 9.59 Å². The molecule has 1 atom stereocenters. The number of fused-ring (bicyclic) bond motifs is 3. The molecular weight excluding hydrogens is 446 g/mol. The van der Waals surface area contributed by atoms with E-state index in [0.29, 0.717) is 6.54 Å². The van der Waals surface area contributed by atoms with Crippen LogP contribution in [0.2, 0.25) is 0 Å². The predicted molar refractivity (Wildman–Crippen MR) is 132 cm³/mol. The molecule has 0 heterocycles. The van der Waals surface area contributed by atoms with Crippen molar-refractivity contribution in [1.82, 2.24) is 15.5 Å². The summed E-state index contributed by atoms with van der Waals surface area (Å²) in [5.74, 6) is -1.52. The largest absolute Gasteiger partial charge is 0.481 e. The van der Waals surface area contributed by atoms with Gasteiger partial charge in [-0.25, -0.2) is 4.79 Å². The van der Waals surface area contributed by atoms with Gasteiger partial charge in [0.25, 0.3) is 0 Å². The molecule has 1 unspecified atom stereocenters. The highest BCUT2D eigenvalue weighted by Crippen LogP contribution is 2.44. The Labute approximate surface area is 205 Å². The van der Waals surface area contributed by atoms with Gasteiger partial charge in [0.2, 0.25) is 5.91 Å². The zero-order chi connectivity index (χ0) is 25.0. The number of hydrogen-bond donors (Lipinski definition) is 3. The standard InChI is InChI=1S/C27H33N3O5/c1-30(2)27(14-7-15-27)17-28-25(33)23(12-13-24(31)32)29-26(34)35-16-22-20-10-5-3-8-18(20)19-9-4-6-11-21(19)22/h3-6,8-11,22-23H,7,12-17H2,1-2H3,(H,28,33)(H,29,34)(H,31,32). The van der Waals surface area contributed by atoms with E-state index in [0.717, 1.165) is 41.5 Å². The molecule has 2 aliphatic carbocycles. The molecule has 2 amide bonds. The fourth-order valence-corrected chi connectivity index (χ4v) is 5.06. The number of carbonyl (C=O) groups is 3. The Kier molecular flexibility index (Phi) is 7.40. The first kappa shape index (κ1) is 24.7. The van der Waals surface area contributed by atoms with Gasteiger partial charge >= 0.3 is 12.1 Å². The molecule has 0 aromatic heterocycles. The van der Waals surface area contributed by atoms with Crippen molar-refractivity contribution in [2.45, 2.75) is 49.6 Å². The van der Waals surface area contributed by atoms with Crippen molar-refractivity contribution in [3.05, 3.63) is 59.7 Å². The summed E-state index contributed by atoms with van der Waals surface area (Å²) in [5.41, 5.74) is 4.35. The van der Waals surface area contributed by atoms with E-state index in [1.165, 1.54) is 0 Å². The Bertz CT molecular complexity index is 1050. The number of alkyl carbamates (subject to hydrolysis) is 1. The van der Waals surface area contributed by atoms with E-state index in [1.807, 2.05) is 50.5 Å². The number of carboxylic acids is 1. The van der Waals surface area contributed by atoms with E-state index in [1.54, 1.807) is 0 Å². The quantitative estimate of drug-likeness (QED) is 0.482. The fourth-order valence-electron chi connectivity index (χ4n) is 5.06. The highest BCUT2D eigenvalue weighted by molar-refractivity contribution is 5.86. The first-order valence-electron chi connectivity index (χ1n) is 12.1. The minimum atomic E-state index is -1.03. The van der Waals surface area contributed by atoms with Crippen LogP contribution < -0.4 is 10.6 Å². The molecular formula is C27H33N3O5. The third-order valence-electron chi connectivity index (χ3n) is 7.42. The lowest BCUT2D eigenvalue weighted by atomic mass is 9.75. The van der Waals surface area contributed by atoms with Crippen LogP contribution in [-0.4, -0.2) is 66.8 Å². The molecule has 0 saturated heterocycles. The number of amides is 2. The Morgan fingerprint density at radius 3 is 2.17 bits per heavy atom. The Hall–Kier alpha value is -3.39. The summed E-state index contributed by atoms with van der Waals surface area (Å²) in [6.45, 7) is 0.575. The summed E-state index contributed by atoms with van der Waals surface area (Å²) in [6, 6.07) is 15.1. The highest BCUT2D eigenvalue weighted by atomic mass is 16.5. The highest BCUT2D eigenvalue weighted by Gasteiger charge is 2.39. The lowest BCUT2D eigenvalue weighted by molar-refractivity contribution is -0.137. The molecule has 1 saturated carbocycles. The van der Waals surface area contributed by atoms with Crippen molar-refractivity contribution >= 4 is 18.0 Å². The zero-order valence-corrected chi connectivity index (χ0v) is 20.3. The van der Waals surface area contributed by atoms with Crippen LogP contribution in [0.25, 0.3) is 11.1 Å². The third kappa shape index (κ3) is 5.32. The zero-order valence-electron chi connectivity index (χ0n) is 20.3. The summed E-state index contributed by atoms with van der Waals surface area (Å²) in [5, 5.41) is 14.6. The number of hydrogen-bond acceptors (Lipinski definition) is 5. The topological polar surface area (TPSA) is 108 Å². The minimum Gasteiger partial charge on any atom is -0.481 e. The molecule has 2 aromatic carbocycles. The first-order valence-corrected chi connectivity index (χ1v) is 12.1. The third-order valence-corrected chi connectivity index (χ3v) is 7.42. The van der Waals surface area contributed by atoms with Crippen LogP contribution in [0.3, 0.4) is 0 Å². The van der Waals surface area contributed by atoms with Crippen molar-refractivity contribution in [3.63, 3.8) is 0 Å². The van der Waals surface area contributed by atoms with E-state index in [4.69, 9.17) is 9.84 Å². The van der Waals surface area contributed by atoms with Gasteiger partial charge < -0.3 is 25.4 Å². The number of nitrogens with one attached hydrogen (secondary N) is 2. The molecule has 1 fully saturated rings. The van der Waals surface area contributed by atoms with Crippen molar-refractivity contribution in [2.75, 3.05) is 27.2 Å². The monoisotopic (exact) mass is 479 g/mol. The second-order valence-corrected chi connectivity index (χ2v) is 9.65. The first-order chi connectivity index (χ1) is 16.8. The smallest absolute Gasteiger partial charge is 0.407 e. The van der Waals surface area contributed by atoms with Crippen LogP contribution in [0.15, 0.2) is 48.5 Å². The number of benzene rings is 2. The maximum Gasteiger partial charge on any atom is 0.407 e. The van der Waals surface area contributed by atoms with Gasteiger partial charge in [0, 0.05) is 24.4 Å². The summed E-state index contributed by atoms with van der Waals surface area (Å²) in [7, 11) is 3.98. The van der Waals surface area contributed by atoms with Crippen LogP contribution in [0, 0.1) is 0 Å². The van der Waals surface area contributed by atoms with Crippen LogP contribution >= 0.6 is 0 Å². The normalized spacial score (nSPS) is 16.5. The molecule has 0 aliphatic heterocycles. The van der Waals surface area contributed by atoms with Crippen molar-refractivity contribution in [3.8, 4) is 11.1 Å². The molecule has 0 bridgehead atoms. The number of ether oxygens (including phenoxy) is 1. The molecule has 8 heteroatoms. The average Bonchev–Trinajstić information content (AvgIpc) is 3.13. The van der Waals surface area contributed by atoms with Gasteiger partial charge in [0.1, 0.15) is 12.6 Å². The van der Waals surface area contributed by atoms with Crippen LogP contribution in [-0.2, 0) is 14.3 Å². The number of nitrogens with zero attached hydrogens (tertiary/aromatic N) is 1. The second kappa shape index (κ2) is 10.5. The molecule has 4 rings (SSSR count). The lowest BCUT2D eigenvalue weighted by Crippen LogP contribution is -2.59. The van der Waals surface area contributed by atoms with Crippen LogP contribution in [0.5, 0.6) is 0 Å². The molecule has 2 aliphatic rings. The maximum absolute atomic E-state index is 12.9. The van der Waals surface area contributed by atoms with E-state index < -0.39 is 24.0 Å². The number of rotatable bonds is 10. The summed E-state index contributed by atoms with van der Waals surface area (Å²) in [4.78, 5) is 38.8. The molecule has 35 heavy (non-hydrogen) atoms. The Morgan fingerprint density at radius 1 is 1.06 bits per heavy atom. The van der Waals surface area contributed by atoms with Crippen molar-refractivity contribution in [1.29, 1.82) is 0 Å². The van der Waals surface area contributed by atoms with E-state index in [2.05, 4.69) is 27.7 Å². The number of carboxylic acid groups (broad SMARTS) is 1. The minimum absolute atomic E-state index is 0.0136. The van der Waals surface area contributed by atoms with Crippen molar-refractivity contribution in [2.24, 2.45) is 0 Å². The van der Waals surface area contributed by atoms with Gasteiger partial charge in [-0.05, 0) is 62.0 Å². The van der Waals surface area contributed by atoms with E-state index in [9.17, 15) is 14.4 Å². The van der Waals surface area contributed by atoms with Crippen LogP contribution in [0.4, 0.5) is 4.79 Å². The summed E-state index contributed by atoms with van der Waals surface area (Å²) < 4.78 is 5.56. The van der Waals surface area contributed by atoms with Gasteiger partial charge in [0.05, 0.1) is 0 Å². The Balaban J connectivity index is 1.38. The fraction of sp³-hybridized carbons (Fsp3) is 0.444. The Morgan fingerprint density at radius 2 is 1.66 bits per heavy atom. The number of likely N-dealkylation sites (N-methyl/N-ethyl adjacent to an activating group) is 1. The summed E-state index contributed by atoms with van der Waals surface area (Å²) >= 11 is 0. The molecule has 0 spiro atoms. The maximum atomic E-state index is 12.9. The van der Waals surface area contributed by atoms with Gasteiger partial charge in [-0.15, -0.1) is 0 Å².